The Bertz CT molecular complexity index is 588. The van der Waals surface area contributed by atoms with Crippen LogP contribution in [0, 0.1) is 0 Å². The summed E-state index contributed by atoms with van der Waals surface area (Å²) >= 11 is 0. The second-order valence-corrected chi connectivity index (χ2v) is 6.18. The number of aromatic nitrogens is 1. The topological polar surface area (TPSA) is 37.3 Å². The first-order valence-corrected chi connectivity index (χ1v) is 8.49. The molecular formula is C19H25N3O. The maximum absolute atomic E-state index is 12.2. The highest BCUT2D eigenvalue weighted by Gasteiger charge is 2.22. The molecule has 0 aliphatic carbocycles. The predicted molar refractivity (Wildman–Crippen MR) is 92.0 cm³/mol. The summed E-state index contributed by atoms with van der Waals surface area (Å²) < 4.78 is 1.90. The Labute approximate surface area is 138 Å². The number of hydrogen-bond donors (Lipinski definition) is 1. The first-order valence-electron chi connectivity index (χ1n) is 8.49. The van der Waals surface area contributed by atoms with Gasteiger partial charge in [-0.1, -0.05) is 36.8 Å². The minimum Gasteiger partial charge on any atom is -0.353 e. The van der Waals surface area contributed by atoms with Gasteiger partial charge >= 0.3 is 0 Å². The van der Waals surface area contributed by atoms with Crippen LogP contribution in [0.1, 0.15) is 30.9 Å². The standard InChI is InChI=1S/C19H25N3O/c23-19(16-21-11-7-8-12-21)20-15-18(17-9-3-1-4-10-17)22-13-5-2-6-14-22/h1,3-4,7-12,18H,2,5-6,13-16H2,(H,20,23)/t18-/m1/s1. The number of hydrogen-bond acceptors (Lipinski definition) is 2. The maximum atomic E-state index is 12.2. The Morgan fingerprint density at radius 3 is 2.39 bits per heavy atom. The van der Waals surface area contributed by atoms with Crippen molar-refractivity contribution >= 4 is 5.91 Å². The number of benzene rings is 1. The zero-order chi connectivity index (χ0) is 15.9. The normalized spacial score (nSPS) is 16.9. The van der Waals surface area contributed by atoms with E-state index in [0.717, 1.165) is 13.1 Å². The van der Waals surface area contributed by atoms with Gasteiger partial charge in [-0.05, 0) is 43.6 Å². The SMILES string of the molecule is O=C(Cn1cccc1)NC[C@H](c1ccccc1)N1CCCCC1. The van der Waals surface area contributed by atoms with Crippen LogP contribution in [-0.4, -0.2) is 35.0 Å². The third kappa shape index (κ3) is 4.45. The summed E-state index contributed by atoms with van der Waals surface area (Å²) in [6, 6.07) is 14.7. The van der Waals surface area contributed by atoms with Crippen molar-refractivity contribution in [3.63, 3.8) is 0 Å². The Balaban J connectivity index is 1.62. The van der Waals surface area contributed by atoms with Crippen LogP contribution in [0.25, 0.3) is 0 Å². The van der Waals surface area contributed by atoms with Crippen molar-refractivity contribution in [1.82, 2.24) is 14.8 Å². The number of amides is 1. The van der Waals surface area contributed by atoms with Crippen molar-refractivity contribution in [3.05, 3.63) is 60.4 Å². The summed E-state index contributed by atoms with van der Waals surface area (Å²) in [5, 5.41) is 3.12. The lowest BCUT2D eigenvalue weighted by atomic mass is 10.0. The fourth-order valence-electron chi connectivity index (χ4n) is 3.27. The number of nitrogens with one attached hydrogen (secondary N) is 1. The van der Waals surface area contributed by atoms with Gasteiger partial charge in [0, 0.05) is 18.9 Å². The molecule has 2 heterocycles. The van der Waals surface area contributed by atoms with Gasteiger partial charge in [0.2, 0.25) is 5.91 Å². The second-order valence-electron chi connectivity index (χ2n) is 6.18. The van der Waals surface area contributed by atoms with E-state index in [0.29, 0.717) is 13.1 Å². The van der Waals surface area contributed by atoms with Crippen LogP contribution < -0.4 is 5.32 Å². The van der Waals surface area contributed by atoms with Gasteiger partial charge in [-0.15, -0.1) is 0 Å². The molecule has 0 bridgehead atoms. The molecule has 3 rings (SSSR count). The van der Waals surface area contributed by atoms with Gasteiger partial charge in [-0.25, -0.2) is 0 Å². The minimum absolute atomic E-state index is 0.0686. The van der Waals surface area contributed by atoms with Gasteiger partial charge < -0.3 is 9.88 Å². The highest BCUT2D eigenvalue weighted by Crippen LogP contribution is 2.23. The van der Waals surface area contributed by atoms with Crippen LogP contribution in [0.3, 0.4) is 0 Å². The first-order chi connectivity index (χ1) is 11.3. The lowest BCUT2D eigenvalue weighted by Crippen LogP contribution is -2.41. The highest BCUT2D eigenvalue weighted by atomic mass is 16.1. The summed E-state index contributed by atoms with van der Waals surface area (Å²) in [6.07, 6.45) is 7.65. The van der Waals surface area contributed by atoms with Crippen molar-refractivity contribution in [2.24, 2.45) is 0 Å². The molecular weight excluding hydrogens is 286 g/mol. The Morgan fingerprint density at radius 2 is 1.70 bits per heavy atom. The molecule has 0 spiro atoms. The molecule has 2 aromatic rings. The van der Waals surface area contributed by atoms with E-state index in [9.17, 15) is 4.79 Å². The number of nitrogens with zero attached hydrogens (tertiary/aromatic N) is 2. The monoisotopic (exact) mass is 311 g/mol. The van der Waals surface area contributed by atoms with E-state index in [2.05, 4.69) is 34.5 Å². The largest absolute Gasteiger partial charge is 0.353 e. The van der Waals surface area contributed by atoms with Crippen LogP contribution in [0.2, 0.25) is 0 Å². The molecule has 4 nitrogen and oxygen atoms in total. The zero-order valence-corrected chi connectivity index (χ0v) is 13.5. The van der Waals surface area contributed by atoms with Gasteiger partial charge in [0.25, 0.3) is 0 Å². The van der Waals surface area contributed by atoms with Crippen molar-refractivity contribution in [2.75, 3.05) is 19.6 Å². The molecule has 1 aromatic heterocycles. The number of rotatable bonds is 6. The van der Waals surface area contributed by atoms with Gasteiger partial charge in [-0.3, -0.25) is 9.69 Å². The van der Waals surface area contributed by atoms with Gasteiger partial charge in [0.05, 0.1) is 6.04 Å². The fourth-order valence-corrected chi connectivity index (χ4v) is 3.27. The number of likely N-dealkylation sites (tertiary alicyclic amines) is 1. The molecule has 1 fully saturated rings. The van der Waals surface area contributed by atoms with Crippen LogP contribution >= 0.6 is 0 Å². The molecule has 4 heteroatoms. The average Bonchev–Trinajstić information content (AvgIpc) is 3.10. The average molecular weight is 311 g/mol. The van der Waals surface area contributed by atoms with Crippen molar-refractivity contribution in [2.45, 2.75) is 31.8 Å². The second kappa shape index (κ2) is 7.97. The van der Waals surface area contributed by atoms with Gasteiger partial charge in [-0.2, -0.15) is 0 Å². The van der Waals surface area contributed by atoms with E-state index in [-0.39, 0.29) is 11.9 Å². The van der Waals surface area contributed by atoms with Gasteiger partial charge in [0.1, 0.15) is 6.54 Å². The summed E-state index contributed by atoms with van der Waals surface area (Å²) in [5.41, 5.74) is 1.29. The van der Waals surface area contributed by atoms with Crippen LogP contribution in [-0.2, 0) is 11.3 Å². The molecule has 122 valence electrons. The predicted octanol–water partition coefficient (Wildman–Crippen LogP) is 2.83. The van der Waals surface area contributed by atoms with E-state index >= 15 is 0 Å². The van der Waals surface area contributed by atoms with Crippen molar-refractivity contribution < 1.29 is 4.79 Å². The number of carbonyl (C=O) groups excluding carboxylic acids is 1. The number of carbonyl (C=O) groups is 1. The molecule has 0 saturated carbocycles. The van der Waals surface area contributed by atoms with E-state index in [1.807, 2.05) is 35.2 Å². The lowest BCUT2D eigenvalue weighted by molar-refractivity contribution is -0.121. The molecule has 23 heavy (non-hydrogen) atoms. The fraction of sp³-hybridized carbons (Fsp3) is 0.421. The first kappa shape index (κ1) is 15.8. The third-order valence-electron chi connectivity index (χ3n) is 4.50. The van der Waals surface area contributed by atoms with Crippen LogP contribution in [0.4, 0.5) is 0 Å². The highest BCUT2D eigenvalue weighted by molar-refractivity contribution is 5.75. The van der Waals surface area contributed by atoms with Crippen LogP contribution in [0.15, 0.2) is 54.9 Å². The van der Waals surface area contributed by atoms with Gasteiger partial charge in [0.15, 0.2) is 0 Å². The zero-order valence-electron chi connectivity index (χ0n) is 13.5. The third-order valence-corrected chi connectivity index (χ3v) is 4.50. The van der Waals surface area contributed by atoms with Crippen LogP contribution in [0.5, 0.6) is 0 Å². The molecule has 0 radical (unpaired) electrons. The molecule has 0 unspecified atom stereocenters. The Kier molecular flexibility index (Phi) is 5.48. The lowest BCUT2D eigenvalue weighted by Gasteiger charge is -2.35. The molecule has 1 amide bonds. The van der Waals surface area contributed by atoms with E-state index in [4.69, 9.17) is 0 Å². The Hall–Kier alpha value is -2.07. The summed E-state index contributed by atoms with van der Waals surface area (Å²) in [4.78, 5) is 14.7. The van der Waals surface area contributed by atoms with E-state index in [1.165, 1.54) is 24.8 Å². The van der Waals surface area contributed by atoms with E-state index < -0.39 is 0 Å². The maximum Gasteiger partial charge on any atom is 0.239 e. The number of piperidine rings is 1. The molecule has 1 aromatic carbocycles. The summed E-state index contributed by atoms with van der Waals surface area (Å²) in [6.45, 7) is 3.29. The van der Waals surface area contributed by atoms with E-state index in [1.54, 1.807) is 0 Å². The van der Waals surface area contributed by atoms with Crippen molar-refractivity contribution in [1.29, 1.82) is 0 Å². The van der Waals surface area contributed by atoms with Crippen molar-refractivity contribution in [3.8, 4) is 0 Å². The minimum atomic E-state index is 0.0686. The molecule has 1 aliphatic rings. The summed E-state index contributed by atoms with van der Waals surface area (Å²) in [5.74, 6) is 0.0686. The molecule has 1 aliphatic heterocycles. The molecule has 1 atom stereocenters. The quantitative estimate of drug-likeness (QED) is 0.891. The molecule has 1 saturated heterocycles. The Morgan fingerprint density at radius 1 is 1.00 bits per heavy atom. The summed E-state index contributed by atoms with van der Waals surface area (Å²) in [7, 11) is 0. The molecule has 1 N–H and O–H groups in total. The smallest absolute Gasteiger partial charge is 0.239 e.